The summed E-state index contributed by atoms with van der Waals surface area (Å²) < 4.78 is 16.5. The molecule has 0 unspecified atom stereocenters. The number of nitrogens with zero attached hydrogens (tertiary/aromatic N) is 4. The van der Waals surface area contributed by atoms with Crippen LogP contribution in [0.15, 0.2) is 60.8 Å². The van der Waals surface area contributed by atoms with Crippen molar-refractivity contribution in [3.8, 4) is 17.5 Å². The van der Waals surface area contributed by atoms with E-state index in [1.807, 2.05) is 42.5 Å². The van der Waals surface area contributed by atoms with E-state index in [0.717, 1.165) is 39.1 Å². The lowest BCUT2D eigenvalue weighted by atomic mass is 9.92. The Morgan fingerprint density at radius 1 is 1.13 bits per heavy atom. The van der Waals surface area contributed by atoms with Crippen LogP contribution in [-0.4, -0.2) is 47.8 Å². The molecule has 1 amide bonds. The molecule has 5 heterocycles. The van der Waals surface area contributed by atoms with Crippen molar-refractivity contribution in [3.63, 3.8) is 0 Å². The van der Waals surface area contributed by atoms with Gasteiger partial charge in [0.1, 0.15) is 0 Å². The average molecular weight is 508 g/mol. The van der Waals surface area contributed by atoms with Gasteiger partial charge in [-0.05, 0) is 53.6 Å². The van der Waals surface area contributed by atoms with Crippen LogP contribution in [0.4, 0.5) is 0 Å². The van der Waals surface area contributed by atoms with Crippen LogP contribution in [0.2, 0.25) is 0 Å². The number of fused-ring (bicyclic) bond motifs is 2. The Morgan fingerprint density at radius 2 is 2.00 bits per heavy atom. The maximum atomic E-state index is 12.9. The van der Waals surface area contributed by atoms with Gasteiger partial charge in [-0.25, -0.2) is 9.97 Å². The summed E-state index contributed by atoms with van der Waals surface area (Å²) in [5, 5.41) is 13.2. The molecule has 6 rings (SSSR count). The van der Waals surface area contributed by atoms with Crippen molar-refractivity contribution < 1.29 is 19.0 Å². The molecule has 2 aliphatic heterocycles. The summed E-state index contributed by atoms with van der Waals surface area (Å²) in [7, 11) is 1.67. The summed E-state index contributed by atoms with van der Waals surface area (Å²) in [4.78, 5) is 27.0. The summed E-state index contributed by atoms with van der Waals surface area (Å²) in [5.74, 6) is -0.598. The molecule has 0 saturated carbocycles. The Bertz CT molecular complexity index is 1570. The van der Waals surface area contributed by atoms with Crippen molar-refractivity contribution in [2.75, 3.05) is 26.9 Å². The van der Waals surface area contributed by atoms with Gasteiger partial charge in [0, 0.05) is 24.3 Å². The highest BCUT2D eigenvalue weighted by molar-refractivity contribution is 5.94. The average Bonchev–Trinajstić information content (AvgIpc) is 2.94. The molecule has 4 aromatic rings. The van der Waals surface area contributed by atoms with E-state index in [0.29, 0.717) is 37.7 Å². The minimum absolute atomic E-state index is 0.229. The van der Waals surface area contributed by atoms with Crippen molar-refractivity contribution in [2.24, 2.45) is 0 Å². The lowest BCUT2D eigenvalue weighted by molar-refractivity contribution is -0.204. The molecule has 9 nitrogen and oxygen atoms in total. The molecule has 0 bridgehead atoms. The number of nitriles is 1. The summed E-state index contributed by atoms with van der Waals surface area (Å²) >= 11 is 0. The van der Waals surface area contributed by atoms with Crippen molar-refractivity contribution in [1.29, 1.82) is 5.26 Å². The van der Waals surface area contributed by atoms with Crippen LogP contribution in [0.3, 0.4) is 0 Å². The van der Waals surface area contributed by atoms with E-state index in [4.69, 9.17) is 24.2 Å². The maximum Gasteiger partial charge on any atom is 0.251 e. The fraction of sp³-hybridized carbons (Fsp3) is 0.276. The van der Waals surface area contributed by atoms with E-state index in [1.165, 1.54) is 0 Å². The first-order valence-corrected chi connectivity index (χ1v) is 12.3. The van der Waals surface area contributed by atoms with Gasteiger partial charge in [-0.2, -0.15) is 5.26 Å². The fourth-order valence-electron chi connectivity index (χ4n) is 4.73. The highest BCUT2D eigenvalue weighted by Crippen LogP contribution is 2.33. The zero-order valence-corrected chi connectivity index (χ0v) is 20.8. The van der Waals surface area contributed by atoms with Crippen molar-refractivity contribution in [1.82, 2.24) is 20.3 Å². The number of rotatable bonds is 6. The predicted octanol–water partition coefficient (Wildman–Crippen LogP) is 3.63. The van der Waals surface area contributed by atoms with Gasteiger partial charge < -0.3 is 19.5 Å². The summed E-state index contributed by atoms with van der Waals surface area (Å²) in [6.07, 6.45) is 1.75. The number of hydrogen-bond acceptors (Lipinski definition) is 8. The first-order chi connectivity index (χ1) is 18.6. The number of carbonyl (C=O) groups is 1. The van der Waals surface area contributed by atoms with Crippen molar-refractivity contribution in [2.45, 2.75) is 24.7 Å². The molecule has 2 aliphatic rings. The van der Waals surface area contributed by atoms with Gasteiger partial charge in [0.25, 0.3) is 5.91 Å². The molecule has 3 aromatic heterocycles. The summed E-state index contributed by atoms with van der Waals surface area (Å²) in [6.45, 7) is 1.99. The van der Waals surface area contributed by atoms with Crippen LogP contribution < -0.4 is 5.32 Å². The molecule has 0 aliphatic carbocycles. The summed E-state index contributed by atoms with van der Waals surface area (Å²) in [6, 6.07) is 19.2. The van der Waals surface area contributed by atoms with E-state index >= 15 is 0 Å². The van der Waals surface area contributed by atoms with E-state index in [1.54, 1.807) is 25.4 Å². The van der Waals surface area contributed by atoms with Crippen LogP contribution in [0.1, 0.15) is 38.8 Å². The molecule has 1 saturated heterocycles. The number of aromatic nitrogens is 3. The Labute approximate surface area is 219 Å². The van der Waals surface area contributed by atoms with Gasteiger partial charge in [-0.3, -0.25) is 9.78 Å². The minimum Gasteiger partial charge on any atom is -0.375 e. The van der Waals surface area contributed by atoms with Crippen LogP contribution in [-0.2, 0) is 33.0 Å². The van der Waals surface area contributed by atoms with Crippen LogP contribution >= 0.6 is 0 Å². The monoisotopic (exact) mass is 507 g/mol. The van der Waals surface area contributed by atoms with Gasteiger partial charge in [-0.15, -0.1) is 0 Å². The van der Waals surface area contributed by atoms with Crippen LogP contribution in [0.5, 0.6) is 0 Å². The Hall–Kier alpha value is -4.23. The molecule has 0 radical (unpaired) electrons. The quantitative estimate of drug-likeness (QED) is 0.420. The Balaban J connectivity index is 1.20. The number of hydrogen-bond donors (Lipinski definition) is 1. The molecule has 1 N–H and O–H groups in total. The van der Waals surface area contributed by atoms with Crippen molar-refractivity contribution >= 4 is 16.8 Å². The third-order valence-electron chi connectivity index (χ3n) is 7.08. The number of nitrogens with one attached hydrogen (secondary N) is 1. The molecule has 9 heteroatoms. The molecule has 1 aromatic carbocycles. The second-order valence-electron chi connectivity index (χ2n) is 9.46. The van der Waals surface area contributed by atoms with Gasteiger partial charge in [0.15, 0.2) is 5.60 Å². The molecule has 1 atom stereocenters. The molecular formula is C29H25N5O4. The third-order valence-corrected chi connectivity index (χ3v) is 7.08. The van der Waals surface area contributed by atoms with E-state index in [-0.39, 0.29) is 18.4 Å². The van der Waals surface area contributed by atoms with E-state index < -0.39 is 5.60 Å². The lowest BCUT2D eigenvalue weighted by Crippen LogP contribution is -2.48. The first kappa shape index (κ1) is 24.1. The second-order valence-corrected chi connectivity index (χ2v) is 9.46. The lowest BCUT2D eigenvalue weighted by Gasteiger charge is -2.39. The minimum atomic E-state index is -0.510. The van der Waals surface area contributed by atoms with Gasteiger partial charge in [-0.1, -0.05) is 12.1 Å². The normalized spacial score (nSPS) is 17.7. The van der Waals surface area contributed by atoms with E-state index in [2.05, 4.69) is 16.4 Å². The zero-order valence-electron chi connectivity index (χ0n) is 20.8. The second kappa shape index (κ2) is 9.91. The molecule has 0 spiro atoms. The fourth-order valence-corrected chi connectivity index (χ4v) is 4.73. The topological polar surface area (TPSA) is 119 Å². The van der Waals surface area contributed by atoms with Crippen LogP contribution in [0, 0.1) is 11.3 Å². The number of ether oxygens (including phenoxy) is 3. The first-order valence-electron chi connectivity index (χ1n) is 12.3. The zero-order chi connectivity index (χ0) is 26.1. The number of pyridine rings is 3. The summed E-state index contributed by atoms with van der Waals surface area (Å²) in [5.41, 5.74) is 5.52. The van der Waals surface area contributed by atoms with Crippen molar-refractivity contribution in [3.05, 3.63) is 88.9 Å². The maximum absolute atomic E-state index is 12.9. The smallest absolute Gasteiger partial charge is 0.251 e. The third kappa shape index (κ3) is 4.39. The predicted molar refractivity (Wildman–Crippen MR) is 138 cm³/mol. The Kier molecular flexibility index (Phi) is 6.29. The molecular weight excluding hydrogens is 482 g/mol. The number of methoxy groups -OCH3 is 1. The molecule has 1 fully saturated rings. The highest BCUT2D eigenvalue weighted by atomic mass is 16.6. The standard InChI is InChI=1S/C29H25N5O4/c1-36-29(16-38-17-29)27-4-2-3-24(34-27)25-8-7-19-12-31-22(10-26(19)33-25)13-32-28(35)18-5-6-20-14-37-15-21(11-30)23(20)9-18/h2-10,12,21H,13-17H2,1H3,(H,32,35)/t21-/m1/s1. The van der Waals surface area contributed by atoms with Gasteiger partial charge in [0.2, 0.25) is 0 Å². The van der Waals surface area contributed by atoms with Gasteiger partial charge in [0.05, 0.1) is 73.3 Å². The van der Waals surface area contributed by atoms with E-state index in [9.17, 15) is 10.1 Å². The van der Waals surface area contributed by atoms with Gasteiger partial charge >= 0.3 is 0 Å². The number of carbonyl (C=O) groups excluding carboxylic acids is 1. The SMILES string of the molecule is COC1(c2cccc(-c3ccc4cnc(CNC(=O)c5ccc6c(c5)[C@H](C#N)COC6)cc4n3)n2)COC1. The molecule has 190 valence electrons. The highest BCUT2D eigenvalue weighted by Gasteiger charge is 2.42. The molecule has 38 heavy (non-hydrogen) atoms. The Morgan fingerprint density at radius 3 is 2.79 bits per heavy atom. The number of amides is 1. The van der Waals surface area contributed by atoms with Crippen LogP contribution in [0.25, 0.3) is 22.3 Å². The largest absolute Gasteiger partial charge is 0.375 e. The number of benzene rings is 1.